The number of allylic oxidation sites excluding steroid dienone is 1. The molecule has 0 fully saturated rings. The Morgan fingerprint density at radius 3 is 2.41 bits per heavy atom. The number of carbonyl (C=O) groups is 1. The second-order valence-electron chi connectivity index (χ2n) is 10.1. The van der Waals surface area contributed by atoms with Gasteiger partial charge in [0.2, 0.25) is 0 Å². The summed E-state index contributed by atoms with van der Waals surface area (Å²) in [4.78, 5) is 33.1. The van der Waals surface area contributed by atoms with Crippen LogP contribution in [-0.4, -0.2) is 20.3 Å². The first-order valence-corrected chi connectivity index (χ1v) is 14.1. The molecule has 3 aromatic heterocycles. The van der Waals surface area contributed by atoms with E-state index in [4.69, 9.17) is 14.5 Å². The van der Waals surface area contributed by atoms with Gasteiger partial charge in [-0.15, -0.1) is 0 Å². The number of aromatic nitrogens is 3. The van der Waals surface area contributed by atoms with Crippen LogP contribution in [0.2, 0.25) is 0 Å². The molecular formula is C32H29N5O3S. The van der Waals surface area contributed by atoms with Crippen molar-refractivity contribution in [3.63, 3.8) is 0 Å². The molecule has 8 nitrogen and oxygen atoms in total. The molecule has 1 aliphatic rings. The summed E-state index contributed by atoms with van der Waals surface area (Å²) in [6.07, 6.45) is 1.87. The summed E-state index contributed by atoms with van der Waals surface area (Å²) in [6, 6.07) is 20.3. The molecule has 5 aromatic rings. The van der Waals surface area contributed by atoms with Crippen molar-refractivity contribution in [3.05, 3.63) is 132 Å². The number of aryl methyl sites for hydroxylation is 3. The molecule has 2 aromatic carbocycles. The Hall–Kier alpha value is -4.76. The van der Waals surface area contributed by atoms with Gasteiger partial charge in [0.15, 0.2) is 4.80 Å². The number of hydrogen-bond donors (Lipinski definition) is 1. The van der Waals surface area contributed by atoms with Gasteiger partial charge in [0.25, 0.3) is 11.5 Å². The predicted octanol–water partition coefficient (Wildman–Crippen LogP) is 4.89. The molecule has 0 saturated carbocycles. The van der Waals surface area contributed by atoms with E-state index in [2.05, 4.69) is 5.32 Å². The van der Waals surface area contributed by atoms with Crippen LogP contribution in [0.25, 0.3) is 11.8 Å². The van der Waals surface area contributed by atoms with Gasteiger partial charge in [0, 0.05) is 16.9 Å². The molecule has 1 amide bonds. The van der Waals surface area contributed by atoms with Crippen LogP contribution in [-0.2, 0) is 4.79 Å². The number of benzene rings is 2. The Morgan fingerprint density at radius 1 is 0.976 bits per heavy atom. The third kappa shape index (κ3) is 4.68. The molecule has 4 heterocycles. The van der Waals surface area contributed by atoms with E-state index < -0.39 is 6.04 Å². The second-order valence-corrected chi connectivity index (χ2v) is 11.1. The van der Waals surface area contributed by atoms with Crippen molar-refractivity contribution in [2.45, 2.75) is 40.7 Å². The van der Waals surface area contributed by atoms with Crippen molar-refractivity contribution in [3.8, 4) is 5.69 Å². The zero-order valence-electron chi connectivity index (χ0n) is 23.4. The lowest BCUT2D eigenvalue weighted by Crippen LogP contribution is -2.40. The minimum Gasteiger partial charge on any atom is -0.464 e. The van der Waals surface area contributed by atoms with E-state index in [1.54, 1.807) is 11.5 Å². The summed E-state index contributed by atoms with van der Waals surface area (Å²) in [5, 5.41) is 7.75. The molecule has 1 aliphatic heterocycles. The van der Waals surface area contributed by atoms with E-state index >= 15 is 0 Å². The van der Waals surface area contributed by atoms with Gasteiger partial charge < -0.3 is 9.73 Å². The standard InChI is InChI=1S/C32H29N5O3S/c1-18-11-9-10-14-25(18)34-30(38)28-21(4)33-32-36(29(28)26-16-15-19(2)40-26)31(39)27(41-32)17-24-20(3)35-37(22(24)5)23-12-7-6-8-13-23/h6-17,29H,1-5H3,(H,34,38)/b27-17+. The van der Waals surface area contributed by atoms with Gasteiger partial charge in [0.05, 0.1) is 27.2 Å². The summed E-state index contributed by atoms with van der Waals surface area (Å²) in [7, 11) is 0. The average molecular weight is 564 g/mol. The molecule has 9 heteroatoms. The van der Waals surface area contributed by atoms with Crippen LogP contribution < -0.4 is 20.2 Å². The first kappa shape index (κ1) is 26.5. The fourth-order valence-corrected chi connectivity index (χ4v) is 6.23. The fourth-order valence-electron chi connectivity index (χ4n) is 5.20. The van der Waals surface area contributed by atoms with Gasteiger partial charge in [-0.05, 0) is 76.6 Å². The molecule has 0 spiro atoms. The van der Waals surface area contributed by atoms with Crippen molar-refractivity contribution in [2.75, 3.05) is 5.32 Å². The molecule has 1 N–H and O–H groups in total. The molecule has 0 bridgehead atoms. The number of para-hydroxylation sites is 2. The lowest BCUT2D eigenvalue weighted by atomic mass is 10.00. The quantitative estimate of drug-likeness (QED) is 0.330. The van der Waals surface area contributed by atoms with Gasteiger partial charge in [-0.25, -0.2) is 9.67 Å². The van der Waals surface area contributed by atoms with Crippen molar-refractivity contribution in [1.82, 2.24) is 14.3 Å². The number of rotatable bonds is 5. The van der Waals surface area contributed by atoms with Crippen molar-refractivity contribution < 1.29 is 9.21 Å². The number of hydrogen-bond acceptors (Lipinski definition) is 6. The number of fused-ring (bicyclic) bond motifs is 1. The summed E-state index contributed by atoms with van der Waals surface area (Å²) in [5.74, 6) is 0.864. The van der Waals surface area contributed by atoms with Crippen LogP contribution in [0.4, 0.5) is 5.69 Å². The third-order valence-corrected chi connectivity index (χ3v) is 8.30. The van der Waals surface area contributed by atoms with Gasteiger partial charge >= 0.3 is 0 Å². The van der Waals surface area contributed by atoms with Crippen LogP contribution in [0, 0.1) is 27.7 Å². The lowest BCUT2D eigenvalue weighted by molar-refractivity contribution is -0.113. The first-order valence-electron chi connectivity index (χ1n) is 13.3. The Labute approximate surface area is 240 Å². The van der Waals surface area contributed by atoms with Crippen LogP contribution in [0.5, 0.6) is 0 Å². The van der Waals surface area contributed by atoms with Crippen molar-refractivity contribution in [1.29, 1.82) is 0 Å². The van der Waals surface area contributed by atoms with Crippen molar-refractivity contribution in [2.24, 2.45) is 4.99 Å². The smallest absolute Gasteiger partial charge is 0.271 e. The number of amides is 1. The minimum absolute atomic E-state index is 0.243. The molecule has 1 atom stereocenters. The van der Waals surface area contributed by atoms with E-state index in [0.717, 1.165) is 28.2 Å². The third-order valence-electron chi connectivity index (χ3n) is 7.31. The van der Waals surface area contributed by atoms with Gasteiger partial charge in [-0.3, -0.25) is 14.2 Å². The largest absolute Gasteiger partial charge is 0.464 e. The zero-order valence-corrected chi connectivity index (χ0v) is 24.2. The van der Waals surface area contributed by atoms with Crippen LogP contribution in [0.15, 0.2) is 92.2 Å². The van der Waals surface area contributed by atoms with Crippen LogP contribution in [0.1, 0.15) is 47.0 Å². The summed E-state index contributed by atoms with van der Waals surface area (Å²) in [6.45, 7) is 9.49. The highest BCUT2D eigenvalue weighted by atomic mass is 32.1. The maximum Gasteiger partial charge on any atom is 0.271 e. The van der Waals surface area contributed by atoms with Gasteiger partial charge in [0.1, 0.15) is 17.6 Å². The number of carbonyl (C=O) groups excluding carboxylic acids is 1. The zero-order chi connectivity index (χ0) is 28.8. The predicted molar refractivity (Wildman–Crippen MR) is 160 cm³/mol. The maximum absolute atomic E-state index is 14.1. The molecule has 6 rings (SSSR count). The van der Waals surface area contributed by atoms with E-state index in [0.29, 0.717) is 37.8 Å². The Kier molecular flexibility index (Phi) is 6.67. The number of furan rings is 1. The number of nitrogens with zero attached hydrogens (tertiary/aromatic N) is 4. The fraction of sp³-hybridized carbons (Fsp3) is 0.188. The highest BCUT2D eigenvalue weighted by Crippen LogP contribution is 2.32. The molecule has 0 radical (unpaired) electrons. The summed E-state index contributed by atoms with van der Waals surface area (Å²) < 4.78 is 9.98. The topological polar surface area (TPSA) is 94.4 Å². The summed E-state index contributed by atoms with van der Waals surface area (Å²) >= 11 is 1.29. The van der Waals surface area contributed by atoms with Gasteiger partial charge in [-0.1, -0.05) is 47.7 Å². The van der Waals surface area contributed by atoms with E-state index in [9.17, 15) is 9.59 Å². The molecule has 41 heavy (non-hydrogen) atoms. The summed E-state index contributed by atoms with van der Waals surface area (Å²) in [5.41, 5.74) is 5.85. The molecule has 1 unspecified atom stereocenters. The maximum atomic E-state index is 14.1. The Bertz CT molecular complexity index is 2020. The highest BCUT2D eigenvalue weighted by molar-refractivity contribution is 7.07. The van der Waals surface area contributed by atoms with E-state index in [-0.39, 0.29) is 11.5 Å². The van der Waals surface area contributed by atoms with Gasteiger partial charge in [-0.2, -0.15) is 5.10 Å². The van der Waals surface area contributed by atoms with E-state index in [1.165, 1.54) is 11.3 Å². The normalized spacial score (nSPS) is 15.1. The number of anilines is 1. The number of thiazole rings is 1. The molecule has 206 valence electrons. The Morgan fingerprint density at radius 2 is 1.71 bits per heavy atom. The van der Waals surface area contributed by atoms with Crippen molar-refractivity contribution >= 4 is 29.0 Å². The molecule has 0 aliphatic carbocycles. The molecule has 0 saturated heterocycles. The SMILES string of the molecule is CC1=C(C(=O)Nc2ccccc2C)C(c2ccc(C)o2)n2c(s/c(=C/c3c(C)nn(-c4ccccc4)c3C)c2=O)=N1. The van der Waals surface area contributed by atoms with Crippen LogP contribution in [0.3, 0.4) is 0 Å². The first-order chi connectivity index (χ1) is 19.7. The monoisotopic (exact) mass is 563 g/mol. The molecular weight excluding hydrogens is 534 g/mol. The second kappa shape index (κ2) is 10.3. The Balaban J connectivity index is 1.49. The lowest BCUT2D eigenvalue weighted by Gasteiger charge is -2.23. The minimum atomic E-state index is -0.764. The highest BCUT2D eigenvalue weighted by Gasteiger charge is 2.34. The van der Waals surface area contributed by atoms with Crippen LogP contribution >= 0.6 is 11.3 Å². The number of nitrogens with one attached hydrogen (secondary N) is 1. The van der Waals surface area contributed by atoms with E-state index in [1.807, 2.05) is 105 Å². The average Bonchev–Trinajstić information content (AvgIpc) is 3.61.